The second-order valence-electron chi connectivity index (χ2n) is 5.36. The number of likely N-dealkylation sites (tertiary alicyclic amines) is 1. The van der Waals surface area contributed by atoms with Gasteiger partial charge < -0.3 is 19.2 Å². The molecule has 7 heteroatoms. The SMILES string of the molecule is Cc1cc(NC(=O)C2CCN(C(=O)c3ccco3)CC2)no1. The molecule has 3 rings (SSSR count). The smallest absolute Gasteiger partial charge is 0.289 e. The third kappa shape index (κ3) is 3.03. The number of carbonyl (C=O) groups excluding carboxylic acids is 2. The van der Waals surface area contributed by atoms with Crippen LogP contribution in [0.25, 0.3) is 0 Å². The standard InChI is InChI=1S/C15H17N3O4/c1-10-9-13(17-22-10)16-14(19)11-4-6-18(7-5-11)15(20)12-3-2-8-21-12/h2-3,8-9,11H,4-7H2,1H3,(H,16,17,19). The van der Waals surface area contributed by atoms with Crippen LogP contribution in [0.1, 0.15) is 29.2 Å². The van der Waals surface area contributed by atoms with Crippen molar-refractivity contribution in [3.8, 4) is 0 Å². The molecule has 3 heterocycles. The molecule has 0 radical (unpaired) electrons. The minimum Gasteiger partial charge on any atom is -0.459 e. The van der Waals surface area contributed by atoms with Crippen LogP contribution in [0.5, 0.6) is 0 Å². The number of piperidine rings is 1. The van der Waals surface area contributed by atoms with Gasteiger partial charge in [-0.05, 0) is 31.9 Å². The topological polar surface area (TPSA) is 88.6 Å². The van der Waals surface area contributed by atoms with E-state index in [4.69, 9.17) is 8.94 Å². The number of furan rings is 1. The summed E-state index contributed by atoms with van der Waals surface area (Å²) in [5, 5.41) is 6.48. The molecular weight excluding hydrogens is 286 g/mol. The van der Waals surface area contributed by atoms with Gasteiger partial charge in [0.25, 0.3) is 5.91 Å². The van der Waals surface area contributed by atoms with Crippen LogP contribution in [0.2, 0.25) is 0 Å². The number of amides is 2. The number of hydrogen-bond donors (Lipinski definition) is 1. The molecule has 0 spiro atoms. The monoisotopic (exact) mass is 303 g/mol. The van der Waals surface area contributed by atoms with Gasteiger partial charge >= 0.3 is 0 Å². The molecule has 116 valence electrons. The van der Waals surface area contributed by atoms with Gasteiger partial charge in [-0.1, -0.05) is 5.16 Å². The number of hydrogen-bond acceptors (Lipinski definition) is 5. The van der Waals surface area contributed by atoms with Gasteiger partial charge in [-0.3, -0.25) is 9.59 Å². The first-order valence-corrected chi connectivity index (χ1v) is 7.20. The molecule has 0 aliphatic carbocycles. The normalized spacial score (nSPS) is 15.8. The van der Waals surface area contributed by atoms with Crippen molar-refractivity contribution in [2.24, 2.45) is 5.92 Å². The van der Waals surface area contributed by atoms with E-state index in [0.29, 0.717) is 43.3 Å². The molecule has 2 aromatic heterocycles. The van der Waals surface area contributed by atoms with Crippen LogP contribution in [-0.4, -0.2) is 35.0 Å². The average molecular weight is 303 g/mol. The van der Waals surface area contributed by atoms with Crippen molar-refractivity contribution in [3.05, 3.63) is 36.0 Å². The highest BCUT2D eigenvalue weighted by Crippen LogP contribution is 2.21. The lowest BCUT2D eigenvalue weighted by Crippen LogP contribution is -2.41. The Bertz CT molecular complexity index is 654. The lowest BCUT2D eigenvalue weighted by Gasteiger charge is -2.30. The minimum atomic E-state index is -0.129. The Morgan fingerprint density at radius 3 is 2.73 bits per heavy atom. The van der Waals surface area contributed by atoms with Gasteiger partial charge in [0.1, 0.15) is 5.76 Å². The van der Waals surface area contributed by atoms with E-state index in [9.17, 15) is 9.59 Å². The summed E-state index contributed by atoms with van der Waals surface area (Å²) in [6.07, 6.45) is 2.72. The van der Waals surface area contributed by atoms with E-state index in [1.54, 1.807) is 30.0 Å². The highest BCUT2D eigenvalue weighted by molar-refractivity contribution is 5.93. The number of anilines is 1. The lowest BCUT2D eigenvalue weighted by atomic mass is 9.95. The molecule has 0 bridgehead atoms. The van der Waals surface area contributed by atoms with E-state index >= 15 is 0 Å². The first-order chi connectivity index (χ1) is 10.6. The van der Waals surface area contributed by atoms with Gasteiger partial charge in [0.15, 0.2) is 11.6 Å². The van der Waals surface area contributed by atoms with E-state index < -0.39 is 0 Å². The van der Waals surface area contributed by atoms with Crippen LogP contribution >= 0.6 is 0 Å². The zero-order chi connectivity index (χ0) is 15.5. The van der Waals surface area contributed by atoms with Gasteiger partial charge in [0, 0.05) is 25.1 Å². The van der Waals surface area contributed by atoms with E-state index in [-0.39, 0.29) is 17.7 Å². The van der Waals surface area contributed by atoms with Crippen LogP contribution in [-0.2, 0) is 4.79 Å². The molecule has 7 nitrogen and oxygen atoms in total. The minimum absolute atomic E-state index is 0.0848. The third-order valence-electron chi connectivity index (χ3n) is 3.76. The number of nitrogens with one attached hydrogen (secondary N) is 1. The van der Waals surface area contributed by atoms with Crippen molar-refractivity contribution in [3.63, 3.8) is 0 Å². The van der Waals surface area contributed by atoms with E-state index in [1.165, 1.54) is 6.26 Å². The summed E-state index contributed by atoms with van der Waals surface area (Å²) in [6, 6.07) is 5.01. The molecule has 0 unspecified atom stereocenters. The van der Waals surface area contributed by atoms with Gasteiger partial charge in [-0.25, -0.2) is 0 Å². The number of carbonyl (C=O) groups is 2. The summed E-state index contributed by atoms with van der Waals surface area (Å²) < 4.78 is 10.0. The summed E-state index contributed by atoms with van der Waals surface area (Å²) >= 11 is 0. The molecule has 1 saturated heterocycles. The van der Waals surface area contributed by atoms with Gasteiger partial charge in [0.05, 0.1) is 6.26 Å². The molecule has 0 aromatic carbocycles. The fourth-order valence-corrected chi connectivity index (χ4v) is 2.55. The molecule has 0 saturated carbocycles. The molecular formula is C15H17N3O4. The predicted octanol–water partition coefficient (Wildman–Crippen LogP) is 2.07. The second-order valence-corrected chi connectivity index (χ2v) is 5.36. The van der Waals surface area contributed by atoms with Gasteiger partial charge in [-0.15, -0.1) is 0 Å². The first kappa shape index (κ1) is 14.4. The molecule has 1 aliphatic heterocycles. The zero-order valence-electron chi connectivity index (χ0n) is 12.2. The van der Waals surface area contributed by atoms with Crippen molar-refractivity contribution >= 4 is 17.6 Å². The molecule has 1 aliphatic rings. The predicted molar refractivity (Wildman–Crippen MR) is 77.2 cm³/mol. The Kier molecular flexibility index (Phi) is 3.95. The Morgan fingerprint density at radius 2 is 2.14 bits per heavy atom. The van der Waals surface area contributed by atoms with Crippen molar-refractivity contribution in [2.45, 2.75) is 19.8 Å². The van der Waals surface area contributed by atoms with E-state index in [2.05, 4.69) is 10.5 Å². The summed E-state index contributed by atoms with van der Waals surface area (Å²) in [7, 11) is 0. The number of aromatic nitrogens is 1. The number of nitrogens with zero attached hydrogens (tertiary/aromatic N) is 2. The van der Waals surface area contributed by atoms with Gasteiger partial charge in [-0.2, -0.15) is 0 Å². The van der Waals surface area contributed by atoms with E-state index in [1.807, 2.05) is 0 Å². The molecule has 2 aromatic rings. The summed E-state index contributed by atoms with van der Waals surface area (Å²) in [4.78, 5) is 26.0. The molecule has 1 fully saturated rings. The fourth-order valence-electron chi connectivity index (χ4n) is 2.55. The van der Waals surface area contributed by atoms with Crippen molar-refractivity contribution in [2.75, 3.05) is 18.4 Å². The quantitative estimate of drug-likeness (QED) is 0.937. The van der Waals surface area contributed by atoms with Crippen LogP contribution in [0.4, 0.5) is 5.82 Å². The third-order valence-corrected chi connectivity index (χ3v) is 3.76. The maximum Gasteiger partial charge on any atom is 0.289 e. The molecule has 0 atom stereocenters. The Labute approximate surface area is 127 Å². The molecule has 2 amide bonds. The second kappa shape index (κ2) is 6.05. The van der Waals surface area contributed by atoms with Crippen LogP contribution in [0.15, 0.2) is 33.4 Å². The fraction of sp³-hybridized carbons (Fsp3) is 0.400. The lowest BCUT2D eigenvalue weighted by molar-refractivity contribution is -0.121. The summed E-state index contributed by atoms with van der Waals surface area (Å²) in [5.74, 6) is 1.07. The molecule has 22 heavy (non-hydrogen) atoms. The van der Waals surface area contributed by atoms with Crippen molar-refractivity contribution in [1.82, 2.24) is 10.1 Å². The maximum atomic E-state index is 12.2. The Balaban J connectivity index is 1.53. The largest absolute Gasteiger partial charge is 0.459 e. The van der Waals surface area contributed by atoms with Crippen molar-refractivity contribution in [1.29, 1.82) is 0 Å². The van der Waals surface area contributed by atoms with E-state index in [0.717, 1.165) is 0 Å². The number of rotatable bonds is 3. The van der Waals surface area contributed by atoms with Crippen LogP contribution in [0.3, 0.4) is 0 Å². The maximum absolute atomic E-state index is 12.2. The summed E-state index contributed by atoms with van der Waals surface area (Å²) in [6.45, 7) is 2.84. The highest BCUT2D eigenvalue weighted by Gasteiger charge is 2.29. The van der Waals surface area contributed by atoms with Crippen LogP contribution < -0.4 is 5.32 Å². The average Bonchev–Trinajstić information content (AvgIpc) is 3.18. The zero-order valence-corrected chi connectivity index (χ0v) is 12.2. The first-order valence-electron chi connectivity index (χ1n) is 7.20. The molecule has 1 N–H and O–H groups in total. The Hall–Kier alpha value is -2.57. The van der Waals surface area contributed by atoms with Crippen LogP contribution in [0, 0.1) is 12.8 Å². The van der Waals surface area contributed by atoms with Gasteiger partial charge in [0.2, 0.25) is 5.91 Å². The summed E-state index contributed by atoms with van der Waals surface area (Å²) in [5.41, 5.74) is 0. The highest BCUT2D eigenvalue weighted by atomic mass is 16.5. The Morgan fingerprint density at radius 1 is 1.36 bits per heavy atom. The van der Waals surface area contributed by atoms with Crippen molar-refractivity contribution < 1.29 is 18.5 Å². The number of aryl methyl sites for hydroxylation is 1.